The molecule has 0 aromatic heterocycles. The minimum absolute atomic E-state index is 0.135. The van der Waals surface area contributed by atoms with E-state index in [9.17, 15) is 9.59 Å². The molecule has 2 rings (SSSR count). The summed E-state index contributed by atoms with van der Waals surface area (Å²) in [7, 11) is 0. The Morgan fingerprint density at radius 2 is 1.92 bits per heavy atom. The second-order valence-corrected chi connectivity index (χ2v) is 6.14. The van der Waals surface area contributed by atoms with Crippen LogP contribution in [0.15, 0.2) is 59.1 Å². The van der Waals surface area contributed by atoms with Crippen LogP contribution in [0, 0.1) is 0 Å². The van der Waals surface area contributed by atoms with Crippen LogP contribution in [0.3, 0.4) is 0 Å². The van der Waals surface area contributed by atoms with E-state index in [-0.39, 0.29) is 12.5 Å². The van der Waals surface area contributed by atoms with Gasteiger partial charge in [-0.05, 0) is 36.3 Å². The maximum absolute atomic E-state index is 11.9. The van der Waals surface area contributed by atoms with Crippen molar-refractivity contribution in [2.45, 2.75) is 6.42 Å². The van der Waals surface area contributed by atoms with Gasteiger partial charge in [-0.1, -0.05) is 46.3 Å². The maximum atomic E-state index is 11.9. The molecule has 2 aromatic carbocycles. The molecule has 0 aliphatic heterocycles. The first-order chi connectivity index (χ1) is 12.0. The quantitative estimate of drug-likeness (QED) is 0.663. The third-order valence-corrected chi connectivity index (χ3v) is 3.81. The Morgan fingerprint density at radius 3 is 2.64 bits per heavy atom. The molecule has 5 nitrogen and oxygen atoms in total. The zero-order chi connectivity index (χ0) is 18.1. The molecule has 0 fully saturated rings. The SMILES string of the molecule is O=C(O)/C=C/c1cc(Br)ccc1OCC(=O)NCCc1ccccc1. The summed E-state index contributed by atoms with van der Waals surface area (Å²) in [5.41, 5.74) is 1.73. The molecule has 2 aromatic rings. The van der Waals surface area contributed by atoms with E-state index in [1.54, 1.807) is 18.2 Å². The molecule has 0 atom stereocenters. The number of aliphatic carboxylic acids is 1. The molecule has 0 radical (unpaired) electrons. The van der Waals surface area contributed by atoms with Crippen LogP contribution < -0.4 is 10.1 Å². The van der Waals surface area contributed by atoms with Crippen molar-refractivity contribution in [2.24, 2.45) is 0 Å². The van der Waals surface area contributed by atoms with Gasteiger partial charge in [-0.2, -0.15) is 0 Å². The van der Waals surface area contributed by atoms with Crippen LogP contribution in [0.4, 0.5) is 0 Å². The zero-order valence-corrected chi connectivity index (χ0v) is 15.0. The summed E-state index contributed by atoms with van der Waals surface area (Å²) < 4.78 is 6.30. The smallest absolute Gasteiger partial charge is 0.328 e. The number of rotatable bonds is 8. The number of amides is 1. The molecular formula is C19H18BrNO4. The van der Waals surface area contributed by atoms with E-state index in [0.717, 1.165) is 22.5 Å². The van der Waals surface area contributed by atoms with E-state index in [1.165, 1.54) is 6.08 Å². The molecule has 0 bridgehead atoms. The molecule has 1 amide bonds. The van der Waals surface area contributed by atoms with E-state index in [2.05, 4.69) is 21.2 Å². The topological polar surface area (TPSA) is 75.6 Å². The highest BCUT2D eigenvalue weighted by atomic mass is 79.9. The monoisotopic (exact) mass is 403 g/mol. The molecule has 25 heavy (non-hydrogen) atoms. The van der Waals surface area contributed by atoms with Gasteiger partial charge in [0.2, 0.25) is 0 Å². The highest BCUT2D eigenvalue weighted by Gasteiger charge is 2.06. The Hall–Kier alpha value is -2.60. The van der Waals surface area contributed by atoms with Crippen LogP contribution in [0.25, 0.3) is 6.08 Å². The molecule has 2 N–H and O–H groups in total. The second kappa shape index (κ2) is 9.64. The van der Waals surface area contributed by atoms with Gasteiger partial charge in [0.1, 0.15) is 5.75 Å². The number of nitrogens with one attached hydrogen (secondary N) is 1. The van der Waals surface area contributed by atoms with Crippen LogP contribution in [-0.4, -0.2) is 30.1 Å². The second-order valence-electron chi connectivity index (χ2n) is 5.23. The van der Waals surface area contributed by atoms with Crippen molar-refractivity contribution in [2.75, 3.05) is 13.2 Å². The molecule has 0 saturated carbocycles. The predicted molar refractivity (Wildman–Crippen MR) is 99.5 cm³/mol. The Labute approximate surface area is 154 Å². The fraction of sp³-hybridized carbons (Fsp3) is 0.158. The van der Waals surface area contributed by atoms with Gasteiger partial charge in [-0.25, -0.2) is 4.79 Å². The molecule has 130 valence electrons. The Bertz CT molecular complexity index is 759. The molecular weight excluding hydrogens is 386 g/mol. The highest BCUT2D eigenvalue weighted by molar-refractivity contribution is 9.10. The normalized spacial score (nSPS) is 10.6. The van der Waals surface area contributed by atoms with Gasteiger partial charge >= 0.3 is 5.97 Å². The predicted octanol–water partition coefficient (Wildman–Crippen LogP) is 3.28. The summed E-state index contributed by atoms with van der Waals surface area (Å²) in [6, 6.07) is 15.0. The Morgan fingerprint density at radius 1 is 1.16 bits per heavy atom. The van der Waals surface area contributed by atoms with Crippen LogP contribution in [0.1, 0.15) is 11.1 Å². The van der Waals surface area contributed by atoms with Crippen molar-refractivity contribution in [3.8, 4) is 5.75 Å². The van der Waals surface area contributed by atoms with Crippen molar-refractivity contribution < 1.29 is 19.4 Å². The number of benzene rings is 2. The van der Waals surface area contributed by atoms with Gasteiger partial charge in [0.15, 0.2) is 6.61 Å². The largest absolute Gasteiger partial charge is 0.483 e. The van der Waals surface area contributed by atoms with Crippen molar-refractivity contribution in [1.29, 1.82) is 0 Å². The van der Waals surface area contributed by atoms with Gasteiger partial charge in [0, 0.05) is 22.7 Å². The average molecular weight is 404 g/mol. The molecule has 0 heterocycles. The van der Waals surface area contributed by atoms with Crippen LogP contribution >= 0.6 is 15.9 Å². The van der Waals surface area contributed by atoms with Crippen LogP contribution in [0.2, 0.25) is 0 Å². The van der Waals surface area contributed by atoms with Crippen molar-refractivity contribution in [1.82, 2.24) is 5.32 Å². The molecule has 0 aliphatic carbocycles. The van der Waals surface area contributed by atoms with E-state index < -0.39 is 5.97 Å². The number of hydrogen-bond donors (Lipinski definition) is 2. The highest BCUT2D eigenvalue weighted by Crippen LogP contribution is 2.24. The van der Waals surface area contributed by atoms with E-state index in [4.69, 9.17) is 9.84 Å². The molecule has 6 heteroatoms. The number of hydrogen-bond acceptors (Lipinski definition) is 3. The lowest BCUT2D eigenvalue weighted by molar-refractivity contribution is -0.131. The first kappa shape index (κ1) is 18.7. The molecule has 0 aliphatic rings. The van der Waals surface area contributed by atoms with Gasteiger partial charge in [0.05, 0.1) is 0 Å². The van der Waals surface area contributed by atoms with E-state index in [1.807, 2.05) is 30.3 Å². The standard InChI is InChI=1S/C19H18BrNO4/c20-16-7-8-17(15(12-16)6-9-19(23)24)25-13-18(22)21-11-10-14-4-2-1-3-5-14/h1-9,12H,10-11,13H2,(H,21,22)(H,23,24)/b9-6+. The number of carbonyl (C=O) groups is 2. The Kier molecular flexibility index (Phi) is 7.22. The lowest BCUT2D eigenvalue weighted by atomic mass is 10.1. The van der Waals surface area contributed by atoms with Crippen molar-refractivity contribution in [3.05, 3.63) is 70.2 Å². The fourth-order valence-electron chi connectivity index (χ4n) is 2.13. The van der Waals surface area contributed by atoms with Crippen molar-refractivity contribution in [3.63, 3.8) is 0 Å². The van der Waals surface area contributed by atoms with E-state index in [0.29, 0.717) is 17.9 Å². The number of carbonyl (C=O) groups excluding carboxylic acids is 1. The first-order valence-electron chi connectivity index (χ1n) is 7.68. The number of carboxylic acids is 1. The van der Waals surface area contributed by atoms with Gasteiger partial charge in [-0.15, -0.1) is 0 Å². The zero-order valence-electron chi connectivity index (χ0n) is 13.4. The van der Waals surface area contributed by atoms with Gasteiger partial charge in [-0.3, -0.25) is 4.79 Å². The number of halogens is 1. The van der Waals surface area contributed by atoms with Gasteiger partial charge < -0.3 is 15.2 Å². The lowest BCUT2D eigenvalue weighted by Crippen LogP contribution is -2.30. The molecule has 0 unspecified atom stereocenters. The van der Waals surface area contributed by atoms with Gasteiger partial charge in [0.25, 0.3) is 5.91 Å². The minimum atomic E-state index is -1.05. The lowest BCUT2D eigenvalue weighted by Gasteiger charge is -2.10. The molecule has 0 spiro atoms. The summed E-state index contributed by atoms with van der Waals surface area (Å²) in [6.45, 7) is 0.392. The summed E-state index contributed by atoms with van der Waals surface area (Å²) in [4.78, 5) is 22.6. The van der Waals surface area contributed by atoms with Crippen molar-refractivity contribution >= 4 is 33.9 Å². The van der Waals surface area contributed by atoms with Crippen LogP contribution in [0.5, 0.6) is 5.75 Å². The van der Waals surface area contributed by atoms with Crippen LogP contribution in [-0.2, 0) is 16.0 Å². The fourth-order valence-corrected chi connectivity index (χ4v) is 2.51. The summed E-state index contributed by atoms with van der Waals surface area (Å²) in [5.74, 6) is -0.837. The summed E-state index contributed by atoms with van der Waals surface area (Å²) in [5, 5.41) is 11.5. The first-order valence-corrected chi connectivity index (χ1v) is 8.48. The number of carboxylic acid groups (broad SMARTS) is 1. The molecule has 0 saturated heterocycles. The average Bonchev–Trinajstić information content (AvgIpc) is 2.60. The van der Waals surface area contributed by atoms with E-state index >= 15 is 0 Å². The third-order valence-electron chi connectivity index (χ3n) is 3.31. The summed E-state index contributed by atoms with van der Waals surface area (Å²) >= 11 is 3.32. The third kappa shape index (κ3) is 6.81. The Balaban J connectivity index is 1.85. The minimum Gasteiger partial charge on any atom is -0.483 e. The maximum Gasteiger partial charge on any atom is 0.328 e. The summed E-state index contributed by atoms with van der Waals surface area (Å²) in [6.07, 6.45) is 3.20. The number of ether oxygens (including phenoxy) is 1.